The van der Waals surface area contributed by atoms with E-state index < -0.39 is 23.8 Å². The lowest BCUT2D eigenvalue weighted by molar-refractivity contribution is -0.144. The molecule has 2 N–H and O–H groups in total. The number of carbonyl (C=O) groups is 2. The molecule has 0 aliphatic heterocycles. The average molecular weight is 269 g/mol. The van der Waals surface area contributed by atoms with Crippen LogP contribution in [0.4, 0.5) is 4.39 Å². The van der Waals surface area contributed by atoms with Crippen LogP contribution in [0.3, 0.4) is 0 Å². The zero-order chi connectivity index (χ0) is 14.4. The van der Waals surface area contributed by atoms with Gasteiger partial charge in [-0.05, 0) is 32.0 Å². The molecule has 0 aliphatic carbocycles. The van der Waals surface area contributed by atoms with Gasteiger partial charge in [-0.1, -0.05) is 0 Å². The van der Waals surface area contributed by atoms with Gasteiger partial charge in [0.1, 0.15) is 11.9 Å². The molecule has 0 saturated carbocycles. The third kappa shape index (κ3) is 3.75. The Kier molecular flexibility index (Phi) is 5.44. The lowest BCUT2D eigenvalue weighted by atomic mass is 10.0. The first-order valence-corrected chi connectivity index (χ1v) is 5.90. The monoisotopic (exact) mass is 269 g/mol. The summed E-state index contributed by atoms with van der Waals surface area (Å²) < 4.78 is 23.1. The summed E-state index contributed by atoms with van der Waals surface area (Å²) in [6, 6.07) is 2.28. The van der Waals surface area contributed by atoms with Gasteiger partial charge in [-0.2, -0.15) is 0 Å². The second kappa shape index (κ2) is 6.84. The Morgan fingerprint density at radius 1 is 1.26 bits per heavy atom. The summed E-state index contributed by atoms with van der Waals surface area (Å²) in [6.45, 7) is 3.63. The van der Waals surface area contributed by atoms with Crippen molar-refractivity contribution in [1.29, 1.82) is 0 Å². The number of carbonyl (C=O) groups excluding carboxylic acids is 2. The van der Waals surface area contributed by atoms with E-state index in [0.717, 1.165) is 6.07 Å². The van der Waals surface area contributed by atoms with Gasteiger partial charge in [0.2, 0.25) is 0 Å². The minimum Gasteiger partial charge on any atom is -0.465 e. The van der Waals surface area contributed by atoms with Gasteiger partial charge in [0.15, 0.2) is 0 Å². The molecule has 0 saturated heterocycles. The van der Waals surface area contributed by atoms with Crippen molar-refractivity contribution in [1.82, 2.24) is 0 Å². The number of nitrogens with two attached hydrogens (primary N) is 1. The zero-order valence-electron chi connectivity index (χ0n) is 10.8. The molecule has 0 amide bonds. The first kappa shape index (κ1) is 15.1. The third-order valence-electron chi connectivity index (χ3n) is 2.38. The number of esters is 2. The van der Waals surface area contributed by atoms with Gasteiger partial charge in [0, 0.05) is 5.56 Å². The van der Waals surface area contributed by atoms with Crippen LogP contribution in [0.5, 0.6) is 0 Å². The van der Waals surface area contributed by atoms with Crippen LogP contribution in [0.2, 0.25) is 0 Å². The SMILES string of the molecule is CCOC(=O)c1ccc(F)c(C(N)C(=O)OCC)c1. The number of benzene rings is 1. The van der Waals surface area contributed by atoms with Crippen molar-refractivity contribution >= 4 is 11.9 Å². The van der Waals surface area contributed by atoms with E-state index in [2.05, 4.69) is 0 Å². The number of halogens is 1. The summed E-state index contributed by atoms with van der Waals surface area (Å²) in [6.07, 6.45) is 0. The Morgan fingerprint density at radius 3 is 2.47 bits per heavy atom. The minimum atomic E-state index is -1.27. The number of rotatable bonds is 5. The molecule has 19 heavy (non-hydrogen) atoms. The van der Waals surface area contributed by atoms with Crippen molar-refractivity contribution < 1.29 is 23.5 Å². The molecule has 0 fully saturated rings. The van der Waals surface area contributed by atoms with Crippen LogP contribution >= 0.6 is 0 Å². The predicted molar refractivity (Wildman–Crippen MR) is 65.9 cm³/mol. The molecular weight excluding hydrogens is 253 g/mol. The molecular formula is C13H16FNO4. The average Bonchev–Trinajstić information content (AvgIpc) is 2.39. The van der Waals surface area contributed by atoms with Crippen LogP contribution in [0.1, 0.15) is 35.8 Å². The van der Waals surface area contributed by atoms with Gasteiger partial charge in [0.25, 0.3) is 0 Å². The highest BCUT2D eigenvalue weighted by Gasteiger charge is 2.22. The number of hydrogen-bond acceptors (Lipinski definition) is 5. The molecule has 5 nitrogen and oxygen atoms in total. The summed E-state index contributed by atoms with van der Waals surface area (Å²) >= 11 is 0. The summed E-state index contributed by atoms with van der Waals surface area (Å²) in [5.74, 6) is -2.02. The van der Waals surface area contributed by atoms with Gasteiger partial charge in [-0.15, -0.1) is 0 Å². The van der Waals surface area contributed by atoms with E-state index in [4.69, 9.17) is 15.2 Å². The fourth-order valence-corrected chi connectivity index (χ4v) is 1.48. The molecule has 1 atom stereocenters. The predicted octanol–water partition coefficient (Wildman–Crippen LogP) is 1.57. The standard InChI is InChI=1S/C13H16FNO4/c1-3-18-12(16)8-5-6-10(14)9(7-8)11(15)13(17)19-4-2/h5-7,11H,3-4,15H2,1-2H3. The maximum atomic E-state index is 13.6. The van der Waals surface area contributed by atoms with Crippen molar-refractivity contribution in [3.8, 4) is 0 Å². The summed E-state index contributed by atoms with van der Waals surface area (Å²) in [7, 11) is 0. The summed E-state index contributed by atoms with van der Waals surface area (Å²) in [4.78, 5) is 23.0. The second-order valence-corrected chi connectivity index (χ2v) is 3.69. The van der Waals surface area contributed by atoms with Crippen LogP contribution in [0.15, 0.2) is 18.2 Å². The Bertz CT molecular complexity index is 476. The smallest absolute Gasteiger partial charge is 0.338 e. The topological polar surface area (TPSA) is 78.6 Å². The lowest BCUT2D eigenvalue weighted by Crippen LogP contribution is -2.25. The first-order chi connectivity index (χ1) is 9.01. The molecule has 0 heterocycles. The Morgan fingerprint density at radius 2 is 1.89 bits per heavy atom. The molecule has 104 valence electrons. The second-order valence-electron chi connectivity index (χ2n) is 3.69. The van der Waals surface area contributed by atoms with E-state index in [1.54, 1.807) is 13.8 Å². The number of hydrogen-bond donors (Lipinski definition) is 1. The number of ether oxygens (including phenoxy) is 2. The third-order valence-corrected chi connectivity index (χ3v) is 2.38. The van der Waals surface area contributed by atoms with E-state index in [9.17, 15) is 14.0 Å². The molecule has 1 rings (SSSR count). The van der Waals surface area contributed by atoms with Crippen molar-refractivity contribution in [3.63, 3.8) is 0 Å². The quantitative estimate of drug-likeness (QED) is 0.821. The highest BCUT2D eigenvalue weighted by atomic mass is 19.1. The van der Waals surface area contributed by atoms with Crippen LogP contribution < -0.4 is 5.73 Å². The van der Waals surface area contributed by atoms with Crippen LogP contribution in [0, 0.1) is 5.82 Å². The van der Waals surface area contributed by atoms with Crippen LogP contribution in [0.25, 0.3) is 0 Å². The first-order valence-electron chi connectivity index (χ1n) is 5.90. The van der Waals surface area contributed by atoms with E-state index in [-0.39, 0.29) is 24.3 Å². The maximum Gasteiger partial charge on any atom is 0.338 e. The van der Waals surface area contributed by atoms with Gasteiger partial charge in [-0.3, -0.25) is 0 Å². The van der Waals surface area contributed by atoms with Crippen LogP contribution in [-0.4, -0.2) is 25.2 Å². The molecule has 1 aromatic rings. The normalized spacial score (nSPS) is 11.8. The van der Waals surface area contributed by atoms with E-state index in [1.165, 1.54) is 12.1 Å². The van der Waals surface area contributed by atoms with E-state index in [1.807, 2.05) is 0 Å². The lowest BCUT2D eigenvalue weighted by Gasteiger charge is -2.12. The Balaban J connectivity index is 3.03. The van der Waals surface area contributed by atoms with E-state index >= 15 is 0 Å². The van der Waals surface area contributed by atoms with Crippen molar-refractivity contribution in [3.05, 3.63) is 35.1 Å². The minimum absolute atomic E-state index is 0.0935. The van der Waals surface area contributed by atoms with Gasteiger partial charge >= 0.3 is 11.9 Å². The molecule has 0 aromatic heterocycles. The molecule has 0 bridgehead atoms. The molecule has 1 unspecified atom stereocenters. The van der Waals surface area contributed by atoms with Crippen molar-refractivity contribution in [2.24, 2.45) is 5.73 Å². The highest BCUT2D eigenvalue weighted by molar-refractivity contribution is 5.90. The fourth-order valence-electron chi connectivity index (χ4n) is 1.48. The molecule has 1 aromatic carbocycles. The fraction of sp³-hybridized carbons (Fsp3) is 0.385. The van der Waals surface area contributed by atoms with Crippen LogP contribution in [-0.2, 0) is 14.3 Å². The highest BCUT2D eigenvalue weighted by Crippen LogP contribution is 2.19. The Hall–Kier alpha value is -1.95. The Labute approximate surface area is 110 Å². The summed E-state index contributed by atoms with van der Waals surface area (Å²) in [5.41, 5.74) is 5.65. The van der Waals surface area contributed by atoms with Gasteiger partial charge < -0.3 is 15.2 Å². The summed E-state index contributed by atoms with van der Waals surface area (Å²) in [5, 5.41) is 0. The maximum absolute atomic E-state index is 13.6. The molecule has 0 radical (unpaired) electrons. The largest absolute Gasteiger partial charge is 0.465 e. The van der Waals surface area contributed by atoms with Gasteiger partial charge in [-0.25, -0.2) is 14.0 Å². The van der Waals surface area contributed by atoms with Crippen molar-refractivity contribution in [2.75, 3.05) is 13.2 Å². The molecule has 6 heteroatoms. The van der Waals surface area contributed by atoms with E-state index in [0.29, 0.717) is 0 Å². The zero-order valence-corrected chi connectivity index (χ0v) is 10.8. The molecule has 0 spiro atoms. The molecule has 0 aliphatic rings. The van der Waals surface area contributed by atoms with Gasteiger partial charge in [0.05, 0.1) is 18.8 Å². The van der Waals surface area contributed by atoms with Crippen molar-refractivity contribution in [2.45, 2.75) is 19.9 Å².